The van der Waals surface area contributed by atoms with Gasteiger partial charge in [0.25, 0.3) is 12.3 Å². The van der Waals surface area contributed by atoms with Crippen molar-refractivity contribution in [3.63, 3.8) is 0 Å². The summed E-state index contributed by atoms with van der Waals surface area (Å²) in [5, 5.41) is 5.12. The van der Waals surface area contributed by atoms with Crippen LogP contribution in [0.4, 0.5) is 45.2 Å². The zero-order chi connectivity index (χ0) is 22.1. The van der Waals surface area contributed by atoms with Crippen LogP contribution in [0.3, 0.4) is 0 Å². The largest absolute Gasteiger partial charge is 0.470 e. The number of amides is 1. The number of anilines is 1. The van der Waals surface area contributed by atoms with Crippen molar-refractivity contribution in [2.75, 3.05) is 5.32 Å². The van der Waals surface area contributed by atoms with E-state index in [0.29, 0.717) is 12.1 Å². The molecule has 0 aliphatic carbocycles. The molecule has 0 aliphatic rings. The Morgan fingerprint density at radius 2 is 1.79 bits per heavy atom. The van der Waals surface area contributed by atoms with Crippen molar-refractivity contribution >= 4 is 11.6 Å². The van der Waals surface area contributed by atoms with Crippen molar-refractivity contribution in [1.29, 1.82) is 0 Å². The summed E-state index contributed by atoms with van der Waals surface area (Å²) in [4.78, 5) is 12.2. The van der Waals surface area contributed by atoms with Gasteiger partial charge in [-0.25, -0.2) is 22.0 Å². The second kappa shape index (κ2) is 7.83. The lowest BCUT2D eigenvalue weighted by atomic mass is 10.2. The van der Waals surface area contributed by atoms with E-state index in [1.807, 2.05) is 0 Å². The second-order valence-corrected chi connectivity index (χ2v) is 5.54. The number of hydrogen-bond donors (Lipinski definition) is 1. The first kappa shape index (κ1) is 22.4. The molecule has 1 N–H and O–H groups in total. The smallest absolute Gasteiger partial charge is 0.426 e. The molecule has 29 heavy (non-hydrogen) atoms. The van der Waals surface area contributed by atoms with Gasteiger partial charge in [0.15, 0.2) is 5.75 Å². The van der Waals surface area contributed by atoms with Gasteiger partial charge in [-0.3, -0.25) is 9.48 Å². The van der Waals surface area contributed by atoms with E-state index in [2.05, 4.69) is 9.84 Å². The number of carbonyl (C=O) groups excluding carboxylic acids is 1. The molecule has 0 saturated carbocycles. The molecule has 160 valence electrons. The highest BCUT2D eigenvalue weighted by Gasteiger charge is 2.66. The minimum atomic E-state index is -5.95. The van der Waals surface area contributed by atoms with Crippen LogP contribution in [-0.2, 0) is 7.05 Å². The van der Waals surface area contributed by atoms with Crippen molar-refractivity contribution in [2.45, 2.75) is 24.9 Å². The summed E-state index contributed by atoms with van der Waals surface area (Å²) >= 11 is 0. The molecule has 0 aliphatic heterocycles. The molecule has 0 radical (unpaired) electrons. The van der Waals surface area contributed by atoms with Gasteiger partial charge in [-0.1, -0.05) is 0 Å². The average Bonchev–Trinajstić information content (AvgIpc) is 2.99. The van der Waals surface area contributed by atoms with E-state index >= 15 is 0 Å². The molecule has 14 heteroatoms. The number of nitrogens with one attached hydrogen (secondary N) is 1. The minimum absolute atomic E-state index is 0.113. The summed E-state index contributed by atoms with van der Waals surface area (Å²) in [6, 6.07) is 1.28. The summed E-state index contributed by atoms with van der Waals surface area (Å²) < 4.78 is 121. The highest BCUT2D eigenvalue weighted by Crippen LogP contribution is 2.42. The number of ether oxygens (including phenoxy) is 1. The van der Waals surface area contributed by atoms with E-state index in [1.54, 1.807) is 5.32 Å². The van der Waals surface area contributed by atoms with Crippen molar-refractivity contribution in [2.24, 2.45) is 7.05 Å². The number of rotatable bonds is 7. The molecule has 0 fully saturated rings. The standard InChI is InChI=1S/C15H10F9N3O2/c1-27-5-7(10(26-27)11(17)18)12(28)25-8-3-2-6(16)4-9(8)29-15(23,24)14(21,22)13(19)20/h2-5,11,13H,1H3,(H,25,28). The predicted molar refractivity (Wildman–Crippen MR) is 79.0 cm³/mol. The molecule has 1 amide bonds. The first-order valence-electron chi connectivity index (χ1n) is 7.41. The monoisotopic (exact) mass is 435 g/mol. The molecule has 0 unspecified atom stereocenters. The third-order valence-electron chi connectivity index (χ3n) is 3.40. The third kappa shape index (κ3) is 4.56. The van der Waals surface area contributed by atoms with Gasteiger partial charge in [-0.15, -0.1) is 0 Å². The molecular formula is C15H10F9N3O2. The van der Waals surface area contributed by atoms with Crippen LogP contribution in [0.1, 0.15) is 22.5 Å². The summed E-state index contributed by atoms with van der Waals surface area (Å²) in [5.41, 5.74) is -2.56. The lowest BCUT2D eigenvalue weighted by molar-refractivity contribution is -0.342. The Morgan fingerprint density at radius 1 is 1.17 bits per heavy atom. The first-order chi connectivity index (χ1) is 13.3. The SMILES string of the molecule is Cn1cc(C(=O)Nc2ccc(F)cc2OC(F)(F)C(F)(F)C(F)F)c(C(F)F)n1. The highest BCUT2D eigenvalue weighted by molar-refractivity contribution is 6.05. The fraction of sp³-hybridized carbons (Fsp3) is 0.333. The van der Waals surface area contributed by atoms with Gasteiger partial charge < -0.3 is 10.1 Å². The molecule has 1 aromatic heterocycles. The fourth-order valence-electron chi connectivity index (χ4n) is 2.05. The Kier molecular flexibility index (Phi) is 6.04. The number of carbonyl (C=O) groups is 1. The van der Waals surface area contributed by atoms with Gasteiger partial charge in [0, 0.05) is 19.3 Å². The molecule has 0 bridgehead atoms. The molecule has 2 rings (SSSR count). The molecule has 5 nitrogen and oxygen atoms in total. The predicted octanol–water partition coefficient (Wildman–Crippen LogP) is 4.62. The molecule has 2 aromatic rings. The molecule has 1 aromatic carbocycles. The van der Waals surface area contributed by atoms with Crippen LogP contribution >= 0.6 is 0 Å². The van der Waals surface area contributed by atoms with E-state index < -0.39 is 59.3 Å². The van der Waals surface area contributed by atoms with Crippen molar-refractivity contribution in [1.82, 2.24) is 9.78 Å². The molecule has 0 atom stereocenters. The van der Waals surface area contributed by atoms with Crippen LogP contribution in [0, 0.1) is 5.82 Å². The highest BCUT2D eigenvalue weighted by atomic mass is 19.3. The number of nitrogens with zero attached hydrogens (tertiary/aromatic N) is 2. The van der Waals surface area contributed by atoms with Gasteiger partial charge in [0.05, 0.1) is 11.3 Å². The topological polar surface area (TPSA) is 56.2 Å². The van der Waals surface area contributed by atoms with Crippen LogP contribution in [0.15, 0.2) is 24.4 Å². The van der Waals surface area contributed by atoms with E-state index in [9.17, 15) is 44.3 Å². The Balaban J connectivity index is 2.38. The summed E-state index contributed by atoms with van der Waals surface area (Å²) in [5.74, 6) is -10.0. The van der Waals surface area contributed by atoms with Crippen molar-refractivity contribution in [3.8, 4) is 5.75 Å². The summed E-state index contributed by atoms with van der Waals surface area (Å²) in [7, 11) is 1.20. The van der Waals surface area contributed by atoms with Gasteiger partial charge in [0.2, 0.25) is 0 Å². The summed E-state index contributed by atoms with van der Waals surface area (Å²) in [6.45, 7) is 0. The maximum atomic E-state index is 13.5. The van der Waals surface area contributed by atoms with E-state index in [1.165, 1.54) is 7.05 Å². The van der Waals surface area contributed by atoms with Gasteiger partial charge in [-0.05, 0) is 12.1 Å². The van der Waals surface area contributed by atoms with Crippen LogP contribution in [-0.4, -0.2) is 34.1 Å². The number of halogens is 9. The lowest BCUT2D eigenvalue weighted by Crippen LogP contribution is -2.50. The molecule has 0 saturated heterocycles. The average molecular weight is 435 g/mol. The minimum Gasteiger partial charge on any atom is -0.426 e. The maximum Gasteiger partial charge on any atom is 0.470 e. The Labute approximate surface area is 156 Å². The number of benzene rings is 1. The summed E-state index contributed by atoms with van der Waals surface area (Å²) in [6.07, 6.45) is -13.0. The van der Waals surface area contributed by atoms with Crippen LogP contribution in [0.5, 0.6) is 5.75 Å². The zero-order valence-electron chi connectivity index (χ0n) is 14.1. The fourth-order valence-corrected chi connectivity index (χ4v) is 2.05. The quantitative estimate of drug-likeness (QED) is 0.646. The van der Waals surface area contributed by atoms with Gasteiger partial charge in [0.1, 0.15) is 11.5 Å². The van der Waals surface area contributed by atoms with Crippen LogP contribution in [0.25, 0.3) is 0 Å². The Hall–Kier alpha value is -2.93. The van der Waals surface area contributed by atoms with Crippen molar-refractivity contribution in [3.05, 3.63) is 41.5 Å². The second-order valence-electron chi connectivity index (χ2n) is 5.54. The number of aromatic nitrogens is 2. The number of hydrogen-bond acceptors (Lipinski definition) is 3. The number of alkyl halides is 8. The molecular weight excluding hydrogens is 425 g/mol. The van der Waals surface area contributed by atoms with E-state index in [0.717, 1.165) is 10.9 Å². The maximum absolute atomic E-state index is 13.5. The Morgan fingerprint density at radius 3 is 2.34 bits per heavy atom. The number of aryl methyl sites for hydroxylation is 1. The Bertz CT molecular complexity index is 899. The van der Waals surface area contributed by atoms with E-state index in [-0.39, 0.29) is 6.07 Å². The van der Waals surface area contributed by atoms with Crippen LogP contribution < -0.4 is 10.1 Å². The van der Waals surface area contributed by atoms with Crippen LogP contribution in [0.2, 0.25) is 0 Å². The lowest BCUT2D eigenvalue weighted by Gasteiger charge is -2.26. The first-order valence-corrected chi connectivity index (χ1v) is 7.41. The van der Waals surface area contributed by atoms with E-state index in [4.69, 9.17) is 0 Å². The van der Waals surface area contributed by atoms with Crippen molar-refractivity contribution < 1.29 is 49.0 Å². The third-order valence-corrected chi connectivity index (χ3v) is 3.40. The molecule has 0 spiro atoms. The zero-order valence-corrected chi connectivity index (χ0v) is 14.1. The van der Waals surface area contributed by atoms with Gasteiger partial charge >= 0.3 is 18.5 Å². The van der Waals surface area contributed by atoms with Gasteiger partial charge in [-0.2, -0.15) is 22.7 Å². The normalized spacial score (nSPS) is 12.6. The molecule has 1 heterocycles.